The predicted octanol–water partition coefficient (Wildman–Crippen LogP) is 1.50. The van der Waals surface area contributed by atoms with E-state index in [1.54, 1.807) is 0 Å². The number of amides is 1. The van der Waals surface area contributed by atoms with Gasteiger partial charge in [-0.2, -0.15) is 0 Å². The summed E-state index contributed by atoms with van der Waals surface area (Å²) in [5, 5.41) is 3.10. The van der Waals surface area contributed by atoms with E-state index >= 15 is 0 Å². The average Bonchev–Trinajstić information content (AvgIpc) is 2.56. The van der Waals surface area contributed by atoms with Crippen LogP contribution in [0.25, 0.3) is 0 Å². The zero-order valence-corrected chi connectivity index (χ0v) is 13.1. The monoisotopic (exact) mass is 304 g/mol. The molecule has 0 spiro atoms. The Morgan fingerprint density at radius 2 is 2.09 bits per heavy atom. The molecule has 5 heteroatoms. The van der Waals surface area contributed by atoms with Gasteiger partial charge in [-0.3, -0.25) is 4.79 Å². The van der Waals surface area contributed by atoms with Gasteiger partial charge in [0.2, 0.25) is 0 Å². The highest BCUT2D eigenvalue weighted by Gasteiger charge is 2.28. The number of ether oxygens (including phenoxy) is 2. The number of nitrogens with one attached hydrogen (secondary N) is 1. The molecule has 2 aliphatic rings. The SMILES string of the molecule is Cc1cccc(N2CCOC(C(=O)NC3CCOCC3)C2)c1. The minimum Gasteiger partial charge on any atom is -0.381 e. The lowest BCUT2D eigenvalue weighted by molar-refractivity contribution is -0.134. The van der Waals surface area contributed by atoms with E-state index < -0.39 is 6.10 Å². The molecule has 22 heavy (non-hydrogen) atoms. The molecular weight excluding hydrogens is 280 g/mol. The summed E-state index contributed by atoms with van der Waals surface area (Å²) in [7, 11) is 0. The van der Waals surface area contributed by atoms with Crippen LogP contribution in [-0.2, 0) is 14.3 Å². The van der Waals surface area contributed by atoms with E-state index in [1.807, 2.05) is 0 Å². The van der Waals surface area contributed by atoms with Crippen molar-refractivity contribution in [1.82, 2.24) is 5.32 Å². The Morgan fingerprint density at radius 3 is 2.86 bits per heavy atom. The van der Waals surface area contributed by atoms with Gasteiger partial charge < -0.3 is 19.7 Å². The number of carbonyl (C=O) groups is 1. The molecule has 2 fully saturated rings. The number of morpholine rings is 1. The van der Waals surface area contributed by atoms with Crippen LogP contribution in [0.2, 0.25) is 0 Å². The fourth-order valence-corrected chi connectivity index (χ4v) is 3.00. The van der Waals surface area contributed by atoms with Crippen molar-refractivity contribution in [3.63, 3.8) is 0 Å². The summed E-state index contributed by atoms with van der Waals surface area (Å²) in [6.45, 7) is 5.56. The van der Waals surface area contributed by atoms with Crippen LogP contribution >= 0.6 is 0 Å². The number of aryl methyl sites for hydroxylation is 1. The van der Waals surface area contributed by atoms with Crippen LogP contribution in [0.4, 0.5) is 5.69 Å². The van der Waals surface area contributed by atoms with Crippen LogP contribution in [0, 0.1) is 6.92 Å². The fourth-order valence-electron chi connectivity index (χ4n) is 3.00. The van der Waals surface area contributed by atoms with E-state index in [0.717, 1.165) is 38.3 Å². The van der Waals surface area contributed by atoms with Gasteiger partial charge in [0.15, 0.2) is 6.10 Å². The number of nitrogens with zero attached hydrogens (tertiary/aromatic N) is 1. The molecule has 0 radical (unpaired) electrons. The zero-order chi connectivity index (χ0) is 15.4. The van der Waals surface area contributed by atoms with Gasteiger partial charge >= 0.3 is 0 Å². The highest BCUT2D eigenvalue weighted by Crippen LogP contribution is 2.19. The second-order valence-electron chi connectivity index (χ2n) is 6.04. The Morgan fingerprint density at radius 1 is 1.27 bits per heavy atom. The first-order valence-corrected chi connectivity index (χ1v) is 8.04. The summed E-state index contributed by atoms with van der Waals surface area (Å²) < 4.78 is 11.0. The molecule has 0 saturated carbocycles. The minimum absolute atomic E-state index is 0.00394. The van der Waals surface area contributed by atoms with Crippen molar-refractivity contribution in [2.75, 3.05) is 37.8 Å². The minimum atomic E-state index is -0.392. The molecule has 5 nitrogen and oxygen atoms in total. The van der Waals surface area contributed by atoms with Gasteiger partial charge in [-0.15, -0.1) is 0 Å². The highest BCUT2D eigenvalue weighted by atomic mass is 16.5. The molecule has 1 aromatic carbocycles. The van der Waals surface area contributed by atoms with E-state index in [4.69, 9.17) is 9.47 Å². The molecule has 1 amide bonds. The Hall–Kier alpha value is -1.59. The smallest absolute Gasteiger partial charge is 0.251 e. The topological polar surface area (TPSA) is 50.8 Å². The van der Waals surface area contributed by atoms with Gasteiger partial charge in [0, 0.05) is 31.5 Å². The molecule has 2 aliphatic heterocycles. The number of carbonyl (C=O) groups excluding carboxylic acids is 1. The van der Waals surface area contributed by atoms with Crippen molar-refractivity contribution < 1.29 is 14.3 Å². The quantitative estimate of drug-likeness (QED) is 0.919. The Balaban J connectivity index is 1.58. The first-order chi connectivity index (χ1) is 10.7. The van der Waals surface area contributed by atoms with E-state index in [9.17, 15) is 4.79 Å². The van der Waals surface area contributed by atoms with Crippen LogP contribution in [-0.4, -0.2) is 51.0 Å². The van der Waals surface area contributed by atoms with Crippen LogP contribution < -0.4 is 10.2 Å². The van der Waals surface area contributed by atoms with Gasteiger partial charge in [0.05, 0.1) is 13.2 Å². The molecule has 2 heterocycles. The van der Waals surface area contributed by atoms with E-state index in [2.05, 4.69) is 41.4 Å². The average molecular weight is 304 g/mol. The molecule has 1 atom stereocenters. The number of hydrogen-bond acceptors (Lipinski definition) is 4. The lowest BCUT2D eigenvalue weighted by Gasteiger charge is -2.35. The largest absolute Gasteiger partial charge is 0.381 e. The maximum absolute atomic E-state index is 12.4. The van der Waals surface area contributed by atoms with E-state index in [0.29, 0.717) is 13.2 Å². The maximum Gasteiger partial charge on any atom is 0.251 e. The molecule has 1 N–H and O–H groups in total. The number of rotatable bonds is 3. The molecule has 1 aromatic rings. The molecule has 0 bridgehead atoms. The van der Waals surface area contributed by atoms with Gasteiger partial charge in [0.1, 0.15) is 0 Å². The first kappa shape index (κ1) is 15.3. The molecule has 1 unspecified atom stereocenters. The molecule has 2 saturated heterocycles. The van der Waals surface area contributed by atoms with Gasteiger partial charge in [-0.05, 0) is 37.5 Å². The van der Waals surface area contributed by atoms with Gasteiger partial charge in [-0.25, -0.2) is 0 Å². The van der Waals surface area contributed by atoms with Gasteiger partial charge in [0.25, 0.3) is 5.91 Å². The first-order valence-electron chi connectivity index (χ1n) is 8.04. The van der Waals surface area contributed by atoms with Crippen molar-refractivity contribution in [2.45, 2.75) is 31.9 Å². The third kappa shape index (κ3) is 3.78. The summed E-state index contributed by atoms with van der Waals surface area (Å²) in [5.41, 5.74) is 2.39. The van der Waals surface area contributed by atoms with Crippen molar-refractivity contribution >= 4 is 11.6 Å². The van der Waals surface area contributed by atoms with Crippen LogP contribution in [0.15, 0.2) is 24.3 Å². The zero-order valence-electron chi connectivity index (χ0n) is 13.1. The molecule has 3 rings (SSSR count). The van der Waals surface area contributed by atoms with Crippen LogP contribution in [0.1, 0.15) is 18.4 Å². The van der Waals surface area contributed by atoms with Gasteiger partial charge in [-0.1, -0.05) is 12.1 Å². The van der Waals surface area contributed by atoms with Crippen LogP contribution in [0.3, 0.4) is 0 Å². The Labute approximate surface area is 131 Å². The summed E-state index contributed by atoms with van der Waals surface area (Å²) in [6.07, 6.45) is 1.39. The maximum atomic E-state index is 12.4. The van der Waals surface area contributed by atoms with E-state index in [1.165, 1.54) is 5.56 Å². The third-order valence-corrected chi connectivity index (χ3v) is 4.29. The lowest BCUT2D eigenvalue weighted by atomic mass is 10.1. The molecule has 0 aromatic heterocycles. The summed E-state index contributed by atoms with van der Waals surface area (Å²) in [5.74, 6) is 0.00394. The number of hydrogen-bond donors (Lipinski definition) is 1. The molecule has 0 aliphatic carbocycles. The van der Waals surface area contributed by atoms with Crippen LogP contribution in [0.5, 0.6) is 0 Å². The summed E-state index contributed by atoms with van der Waals surface area (Å²) >= 11 is 0. The van der Waals surface area contributed by atoms with Crippen molar-refractivity contribution in [3.05, 3.63) is 29.8 Å². The molecular formula is C17H24N2O3. The summed E-state index contributed by atoms with van der Waals surface area (Å²) in [4.78, 5) is 14.6. The number of benzene rings is 1. The van der Waals surface area contributed by atoms with Crippen molar-refractivity contribution in [2.24, 2.45) is 0 Å². The predicted molar refractivity (Wildman–Crippen MR) is 85.1 cm³/mol. The highest BCUT2D eigenvalue weighted by molar-refractivity contribution is 5.82. The Bertz CT molecular complexity index is 514. The summed E-state index contributed by atoms with van der Waals surface area (Å²) in [6, 6.07) is 8.60. The third-order valence-electron chi connectivity index (χ3n) is 4.29. The van der Waals surface area contributed by atoms with E-state index in [-0.39, 0.29) is 11.9 Å². The second-order valence-corrected chi connectivity index (χ2v) is 6.04. The number of anilines is 1. The lowest BCUT2D eigenvalue weighted by Crippen LogP contribution is -2.52. The fraction of sp³-hybridized carbons (Fsp3) is 0.588. The second kappa shape index (κ2) is 7.11. The van der Waals surface area contributed by atoms with Crippen molar-refractivity contribution in [3.8, 4) is 0 Å². The standard InChI is InChI=1S/C17H24N2O3/c1-13-3-2-4-15(11-13)19-7-10-22-16(12-19)17(20)18-14-5-8-21-9-6-14/h2-4,11,14,16H,5-10,12H2,1H3,(H,18,20). The van der Waals surface area contributed by atoms with Crippen molar-refractivity contribution in [1.29, 1.82) is 0 Å². The molecule has 120 valence electrons. The normalized spacial score (nSPS) is 23.3. The Kier molecular flexibility index (Phi) is 4.95.